The molecule has 3 nitrogen and oxygen atoms in total. The Morgan fingerprint density at radius 2 is 2.15 bits per heavy atom. The molecule has 0 aromatic carbocycles. The topological polar surface area (TPSA) is 59.1 Å². The second kappa shape index (κ2) is 3.61. The van der Waals surface area contributed by atoms with Crippen LogP contribution < -0.4 is 5.73 Å². The molecule has 3 N–H and O–H groups in total. The van der Waals surface area contributed by atoms with Crippen molar-refractivity contribution in [1.82, 2.24) is 4.98 Å². The number of halogens is 3. The van der Waals surface area contributed by atoms with Gasteiger partial charge < -0.3 is 10.8 Å². The highest BCUT2D eigenvalue weighted by molar-refractivity contribution is 5.45. The second-order valence-corrected chi connectivity index (χ2v) is 2.36. The number of aliphatic hydroxyl groups is 1. The fourth-order valence-corrected chi connectivity index (χ4v) is 0.976. The molecule has 0 saturated heterocycles. The van der Waals surface area contributed by atoms with Gasteiger partial charge in [-0.1, -0.05) is 0 Å². The van der Waals surface area contributed by atoms with Crippen molar-refractivity contribution < 1.29 is 18.3 Å². The quantitative estimate of drug-likeness (QED) is 0.693. The predicted molar refractivity (Wildman–Crippen MR) is 39.5 cm³/mol. The van der Waals surface area contributed by atoms with E-state index in [0.29, 0.717) is 0 Å². The van der Waals surface area contributed by atoms with E-state index in [1.165, 1.54) is 0 Å². The van der Waals surface area contributed by atoms with Crippen LogP contribution in [0.1, 0.15) is 17.6 Å². The molecule has 0 atom stereocenters. The van der Waals surface area contributed by atoms with Crippen LogP contribution in [0.3, 0.4) is 0 Å². The Hall–Kier alpha value is -1.30. The van der Waals surface area contributed by atoms with Crippen LogP contribution >= 0.6 is 0 Å². The minimum atomic E-state index is -2.87. The highest BCUT2D eigenvalue weighted by atomic mass is 19.3. The van der Waals surface area contributed by atoms with Crippen LogP contribution in [-0.2, 0) is 6.61 Å². The van der Waals surface area contributed by atoms with Crippen molar-refractivity contribution in [2.75, 3.05) is 5.73 Å². The number of hydrogen-bond acceptors (Lipinski definition) is 3. The molecule has 72 valence electrons. The summed E-state index contributed by atoms with van der Waals surface area (Å²) in [5.41, 5.74) is 4.21. The van der Waals surface area contributed by atoms with E-state index in [1.807, 2.05) is 0 Å². The summed E-state index contributed by atoms with van der Waals surface area (Å²) in [6.45, 7) is -0.691. The van der Waals surface area contributed by atoms with Gasteiger partial charge in [0.1, 0.15) is 5.82 Å². The SMILES string of the molecule is Nc1nc(F)cc(CO)c1C(F)F. The Kier molecular flexibility index (Phi) is 2.72. The number of alkyl halides is 2. The number of nitrogens with zero attached hydrogens (tertiary/aromatic N) is 1. The van der Waals surface area contributed by atoms with Crippen molar-refractivity contribution in [2.24, 2.45) is 0 Å². The number of anilines is 1. The van der Waals surface area contributed by atoms with E-state index in [4.69, 9.17) is 10.8 Å². The molecule has 0 saturated carbocycles. The van der Waals surface area contributed by atoms with Crippen LogP contribution in [0.15, 0.2) is 6.07 Å². The van der Waals surface area contributed by atoms with Crippen molar-refractivity contribution in [3.63, 3.8) is 0 Å². The molecule has 0 radical (unpaired) electrons. The molecule has 13 heavy (non-hydrogen) atoms. The minimum Gasteiger partial charge on any atom is -0.392 e. The van der Waals surface area contributed by atoms with Crippen molar-refractivity contribution >= 4 is 5.82 Å². The lowest BCUT2D eigenvalue weighted by Crippen LogP contribution is -2.05. The number of rotatable bonds is 2. The van der Waals surface area contributed by atoms with Gasteiger partial charge in [-0.3, -0.25) is 0 Å². The average Bonchev–Trinajstić information content (AvgIpc) is 2.01. The van der Waals surface area contributed by atoms with Gasteiger partial charge in [-0.15, -0.1) is 0 Å². The molecule has 0 aliphatic rings. The maximum absolute atomic E-state index is 12.5. The third-order valence-electron chi connectivity index (χ3n) is 1.53. The molecule has 0 aliphatic heterocycles. The second-order valence-electron chi connectivity index (χ2n) is 2.36. The normalized spacial score (nSPS) is 10.8. The van der Waals surface area contributed by atoms with E-state index in [0.717, 1.165) is 6.07 Å². The lowest BCUT2D eigenvalue weighted by molar-refractivity contribution is 0.147. The van der Waals surface area contributed by atoms with Crippen LogP contribution in [0.2, 0.25) is 0 Å². The highest BCUT2D eigenvalue weighted by Gasteiger charge is 2.18. The third kappa shape index (κ3) is 1.89. The van der Waals surface area contributed by atoms with Gasteiger partial charge in [-0.2, -0.15) is 4.39 Å². The highest BCUT2D eigenvalue weighted by Crippen LogP contribution is 2.27. The van der Waals surface area contributed by atoms with Crippen LogP contribution in [0.25, 0.3) is 0 Å². The van der Waals surface area contributed by atoms with Crippen molar-refractivity contribution in [2.45, 2.75) is 13.0 Å². The molecule has 0 spiro atoms. The first-order valence-electron chi connectivity index (χ1n) is 3.40. The van der Waals surface area contributed by atoms with Crippen molar-refractivity contribution in [3.05, 3.63) is 23.1 Å². The van der Waals surface area contributed by atoms with E-state index in [-0.39, 0.29) is 5.56 Å². The van der Waals surface area contributed by atoms with Crippen LogP contribution in [0.4, 0.5) is 19.0 Å². The molecule has 1 rings (SSSR count). The minimum absolute atomic E-state index is 0.236. The maximum Gasteiger partial charge on any atom is 0.267 e. The fourth-order valence-electron chi connectivity index (χ4n) is 0.976. The zero-order valence-corrected chi connectivity index (χ0v) is 6.47. The van der Waals surface area contributed by atoms with Gasteiger partial charge >= 0.3 is 0 Å². The van der Waals surface area contributed by atoms with Gasteiger partial charge in [0.15, 0.2) is 0 Å². The molecule has 0 fully saturated rings. The van der Waals surface area contributed by atoms with Crippen molar-refractivity contribution in [1.29, 1.82) is 0 Å². The first kappa shape index (κ1) is 9.79. The molecule has 1 heterocycles. The zero-order valence-electron chi connectivity index (χ0n) is 6.47. The summed E-state index contributed by atoms with van der Waals surface area (Å²) in [6.07, 6.45) is -2.87. The standard InChI is InChI=1S/C7H7F3N2O/c8-4-1-3(2-13)5(6(9)10)7(11)12-4/h1,6,13H,2H2,(H2,11,12). The molecule has 0 aliphatic carbocycles. The Morgan fingerprint density at radius 1 is 1.54 bits per heavy atom. The summed E-state index contributed by atoms with van der Waals surface area (Å²) < 4.78 is 37.0. The number of nitrogens with two attached hydrogens (primary N) is 1. The molecule has 0 amide bonds. The molecular formula is C7H7F3N2O. The summed E-state index contributed by atoms with van der Waals surface area (Å²) in [7, 11) is 0. The Balaban J connectivity index is 3.30. The smallest absolute Gasteiger partial charge is 0.267 e. The number of pyridine rings is 1. The summed E-state index contributed by atoms with van der Waals surface area (Å²) in [5.74, 6) is -1.56. The molecule has 6 heteroatoms. The van der Waals surface area contributed by atoms with Gasteiger partial charge in [-0.05, 0) is 11.6 Å². The van der Waals surface area contributed by atoms with Gasteiger partial charge in [0, 0.05) is 0 Å². The molecule has 0 bridgehead atoms. The van der Waals surface area contributed by atoms with E-state index in [2.05, 4.69) is 4.98 Å². The van der Waals surface area contributed by atoms with Gasteiger partial charge in [0.05, 0.1) is 12.2 Å². The van der Waals surface area contributed by atoms with E-state index in [1.54, 1.807) is 0 Å². The first-order valence-corrected chi connectivity index (χ1v) is 3.40. The monoisotopic (exact) mass is 192 g/mol. The Labute approximate surface area is 72.0 Å². The van der Waals surface area contributed by atoms with E-state index in [9.17, 15) is 13.2 Å². The fraction of sp³-hybridized carbons (Fsp3) is 0.286. The third-order valence-corrected chi connectivity index (χ3v) is 1.53. The summed E-state index contributed by atoms with van der Waals surface area (Å²) in [4.78, 5) is 3.02. The number of nitrogen functional groups attached to an aromatic ring is 1. The molecule has 1 aromatic rings. The van der Waals surface area contributed by atoms with Gasteiger partial charge in [0.25, 0.3) is 6.43 Å². The number of aromatic nitrogens is 1. The predicted octanol–water partition coefficient (Wildman–Crippen LogP) is 1.23. The lowest BCUT2D eigenvalue weighted by atomic mass is 10.1. The summed E-state index contributed by atoms with van der Waals surface area (Å²) in [6, 6.07) is 0.734. The summed E-state index contributed by atoms with van der Waals surface area (Å²) >= 11 is 0. The largest absolute Gasteiger partial charge is 0.392 e. The zero-order chi connectivity index (χ0) is 10.0. The van der Waals surface area contributed by atoms with Gasteiger partial charge in [0.2, 0.25) is 5.95 Å². The van der Waals surface area contributed by atoms with Crippen molar-refractivity contribution in [3.8, 4) is 0 Å². The average molecular weight is 192 g/mol. The molecular weight excluding hydrogens is 185 g/mol. The van der Waals surface area contributed by atoms with Gasteiger partial charge in [-0.25, -0.2) is 13.8 Å². The number of hydrogen-bond donors (Lipinski definition) is 2. The van der Waals surface area contributed by atoms with Crippen LogP contribution in [-0.4, -0.2) is 10.1 Å². The van der Waals surface area contributed by atoms with E-state index >= 15 is 0 Å². The summed E-state index contributed by atoms with van der Waals surface area (Å²) in [5, 5.41) is 8.63. The Bertz CT molecular complexity index is 317. The lowest BCUT2D eigenvalue weighted by Gasteiger charge is -2.08. The maximum atomic E-state index is 12.5. The van der Waals surface area contributed by atoms with Crippen LogP contribution in [0.5, 0.6) is 0 Å². The number of aliphatic hydroxyl groups excluding tert-OH is 1. The van der Waals surface area contributed by atoms with Crippen LogP contribution in [0, 0.1) is 5.95 Å². The van der Waals surface area contributed by atoms with E-state index < -0.39 is 30.4 Å². The Morgan fingerprint density at radius 3 is 2.62 bits per heavy atom. The molecule has 1 aromatic heterocycles. The molecule has 0 unspecified atom stereocenters. The first-order chi connectivity index (χ1) is 6.06.